The van der Waals surface area contributed by atoms with Gasteiger partial charge in [0.1, 0.15) is 5.82 Å². The first-order valence-corrected chi connectivity index (χ1v) is 11.5. The quantitative estimate of drug-likeness (QED) is 0.532. The van der Waals surface area contributed by atoms with Gasteiger partial charge in [0.15, 0.2) is 0 Å². The minimum Gasteiger partial charge on any atom is -0.333 e. The highest BCUT2D eigenvalue weighted by molar-refractivity contribution is 7.11. The molecule has 0 saturated heterocycles. The van der Waals surface area contributed by atoms with Gasteiger partial charge in [0, 0.05) is 28.8 Å². The van der Waals surface area contributed by atoms with Gasteiger partial charge in [0.25, 0.3) is 0 Å². The van der Waals surface area contributed by atoms with Crippen LogP contribution < -0.4 is 0 Å². The van der Waals surface area contributed by atoms with E-state index >= 15 is 0 Å². The Kier molecular flexibility index (Phi) is 7.64. The van der Waals surface area contributed by atoms with E-state index in [1.807, 2.05) is 19.1 Å². The van der Waals surface area contributed by atoms with Crippen LogP contribution in [0.4, 0.5) is 4.39 Å². The van der Waals surface area contributed by atoms with Gasteiger partial charge in [0.05, 0.1) is 13.1 Å². The molecular formula is C24H31FN2O2S. The van der Waals surface area contributed by atoms with Crippen molar-refractivity contribution in [2.45, 2.75) is 53.1 Å². The number of hydrogen-bond acceptors (Lipinski definition) is 3. The summed E-state index contributed by atoms with van der Waals surface area (Å²) in [5.41, 5.74) is 0.875. The van der Waals surface area contributed by atoms with Gasteiger partial charge < -0.3 is 9.80 Å². The molecule has 1 aliphatic carbocycles. The molecule has 1 aromatic heterocycles. The number of nitrogens with zero attached hydrogens (tertiary/aromatic N) is 2. The highest BCUT2D eigenvalue weighted by atomic mass is 32.1. The van der Waals surface area contributed by atoms with E-state index in [2.05, 4.69) is 13.8 Å². The first-order chi connectivity index (χ1) is 14.4. The predicted octanol–water partition coefficient (Wildman–Crippen LogP) is 5.01. The topological polar surface area (TPSA) is 40.6 Å². The van der Waals surface area contributed by atoms with Crippen LogP contribution in [0.25, 0.3) is 0 Å². The summed E-state index contributed by atoms with van der Waals surface area (Å²) in [7, 11) is 0. The monoisotopic (exact) mass is 430 g/mol. The molecule has 2 amide bonds. The number of hydrogen-bond donors (Lipinski definition) is 0. The van der Waals surface area contributed by atoms with Crippen LogP contribution in [0.3, 0.4) is 0 Å². The van der Waals surface area contributed by atoms with E-state index in [1.165, 1.54) is 17.0 Å². The molecule has 30 heavy (non-hydrogen) atoms. The van der Waals surface area contributed by atoms with Crippen LogP contribution in [0.1, 0.15) is 48.4 Å². The van der Waals surface area contributed by atoms with Crippen molar-refractivity contribution in [3.8, 4) is 0 Å². The molecule has 162 valence electrons. The van der Waals surface area contributed by atoms with E-state index < -0.39 is 0 Å². The lowest BCUT2D eigenvalue weighted by Gasteiger charge is -2.29. The average molecular weight is 431 g/mol. The smallest absolute Gasteiger partial charge is 0.242 e. The van der Waals surface area contributed by atoms with Gasteiger partial charge in [-0.1, -0.05) is 32.4 Å². The van der Waals surface area contributed by atoms with Crippen LogP contribution in [0.15, 0.2) is 36.4 Å². The lowest BCUT2D eigenvalue weighted by atomic mass is 10.1. The molecule has 0 N–H and O–H groups in total. The highest BCUT2D eigenvalue weighted by Crippen LogP contribution is 2.31. The second kappa shape index (κ2) is 10.2. The fourth-order valence-electron chi connectivity index (χ4n) is 3.39. The van der Waals surface area contributed by atoms with Gasteiger partial charge in [-0.2, -0.15) is 0 Å². The summed E-state index contributed by atoms with van der Waals surface area (Å²) in [6, 6.07) is 10.3. The molecule has 0 spiro atoms. The molecule has 3 rings (SSSR count). The normalized spacial score (nSPS) is 14.4. The number of aryl methyl sites for hydroxylation is 1. The number of thiophene rings is 1. The van der Waals surface area contributed by atoms with Crippen LogP contribution >= 0.6 is 11.3 Å². The Morgan fingerprint density at radius 2 is 1.80 bits per heavy atom. The molecule has 1 atom stereocenters. The highest BCUT2D eigenvalue weighted by Gasteiger charge is 2.35. The number of carbonyl (C=O) groups excluding carboxylic acids is 2. The Labute approximate surface area is 182 Å². The van der Waals surface area contributed by atoms with Crippen molar-refractivity contribution < 1.29 is 14.0 Å². The van der Waals surface area contributed by atoms with Crippen LogP contribution in [-0.2, 0) is 22.7 Å². The van der Waals surface area contributed by atoms with Crippen molar-refractivity contribution in [2.24, 2.45) is 11.8 Å². The van der Waals surface area contributed by atoms with Crippen molar-refractivity contribution >= 4 is 23.2 Å². The SMILES string of the molecule is CC[C@H](C)CN(CC(=O)N(Cc1ccc(F)cc1)Cc1ccc(C)s1)C(=O)C1CC1. The first kappa shape index (κ1) is 22.5. The van der Waals surface area contributed by atoms with Gasteiger partial charge in [-0.25, -0.2) is 4.39 Å². The molecule has 0 bridgehead atoms. The molecule has 4 nitrogen and oxygen atoms in total. The lowest BCUT2D eigenvalue weighted by Crippen LogP contribution is -2.44. The molecule has 0 radical (unpaired) electrons. The van der Waals surface area contributed by atoms with E-state index in [-0.39, 0.29) is 30.1 Å². The predicted molar refractivity (Wildman–Crippen MR) is 118 cm³/mol. The van der Waals surface area contributed by atoms with Crippen molar-refractivity contribution in [1.29, 1.82) is 0 Å². The number of rotatable bonds is 10. The number of amides is 2. The minimum atomic E-state index is -0.291. The third kappa shape index (κ3) is 6.39. The molecular weight excluding hydrogens is 399 g/mol. The summed E-state index contributed by atoms with van der Waals surface area (Å²) in [4.78, 5) is 31.9. The Hall–Kier alpha value is -2.21. The molecule has 6 heteroatoms. The summed E-state index contributed by atoms with van der Waals surface area (Å²) in [5.74, 6) is 0.193. The fraction of sp³-hybridized carbons (Fsp3) is 0.500. The first-order valence-electron chi connectivity index (χ1n) is 10.7. The third-order valence-corrected chi connectivity index (χ3v) is 6.56. The number of halogens is 1. The molecule has 0 aliphatic heterocycles. The molecule has 0 unspecified atom stereocenters. The minimum absolute atomic E-state index is 0.0670. The third-order valence-electron chi connectivity index (χ3n) is 5.58. The summed E-state index contributed by atoms with van der Waals surface area (Å²) >= 11 is 1.67. The van der Waals surface area contributed by atoms with Gasteiger partial charge in [-0.05, 0) is 55.5 Å². The lowest BCUT2D eigenvalue weighted by molar-refractivity contribution is -0.142. The van der Waals surface area contributed by atoms with Crippen LogP contribution in [0.5, 0.6) is 0 Å². The van der Waals surface area contributed by atoms with Gasteiger partial charge in [-0.3, -0.25) is 9.59 Å². The zero-order chi connectivity index (χ0) is 21.7. The van der Waals surface area contributed by atoms with Crippen LogP contribution in [0, 0.1) is 24.6 Å². The second-order valence-electron chi connectivity index (χ2n) is 8.40. The fourth-order valence-corrected chi connectivity index (χ4v) is 4.30. The number of benzene rings is 1. The van der Waals surface area contributed by atoms with E-state index in [9.17, 15) is 14.0 Å². The summed E-state index contributed by atoms with van der Waals surface area (Å²) in [5, 5.41) is 0. The molecule has 1 heterocycles. The summed E-state index contributed by atoms with van der Waals surface area (Å²) in [6.45, 7) is 7.86. The maximum atomic E-state index is 13.3. The zero-order valence-electron chi connectivity index (χ0n) is 18.1. The van der Waals surface area contributed by atoms with Crippen LogP contribution in [0.2, 0.25) is 0 Å². The molecule has 1 aromatic carbocycles. The van der Waals surface area contributed by atoms with Gasteiger partial charge in [-0.15, -0.1) is 11.3 Å². The summed E-state index contributed by atoms with van der Waals surface area (Å²) < 4.78 is 13.3. The van der Waals surface area contributed by atoms with E-state index in [1.54, 1.807) is 33.3 Å². The Bertz CT molecular complexity index is 860. The standard InChI is InChI=1S/C24H31FN2O2S/c1-4-17(2)13-27(24(29)20-8-9-20)16-23(28)26(15-22-12-5-18(3)30-22)14-19-6-10-21(25)11-7-19/h5-7,10-12,17,20H,4,8-9,13-16H2,1-3H3/t17-/m0/s1. The Morgan fingerprint density at radius 1 is 1.10 bits per heavy atom. The molecule has 1 saturated carbocycles. The molecule has 1 aliphatic rings. The zero-order valence-corrected chi connectivity index (χ0v) is 18.9. The summed E-state index contributed by atoms with van der Waals surface area (Å²) in [6.07, 6.45) is 2.83. The maximum absolute atomic E-state index is 13.3. The molecule has 2 aromatic rings. The van der Waals surface area contributed by atoms with E-state index in [4.69, 9.17) is 0 Å². The van der Waals surface area contributed by atoms with E-state index in [0.29, 0.717) is 25.6 Å². The largest absolute Gasteiger partial charge is 0.333 e. The average Bonchev–Trinajstić information content (AvgIpc) is 3.50. The van der Waals surface area contributed by atoms with E-state index in [0.717, 1.165) is 29.7 Å². The van der Waals surface area contributed by atoms with Crippen molar-refractivity contribution in [3.05, 3.63) is 57.5 Å². The Morgan fingerprint density at radius 3 is 2.37 bits per heavy atom. The maximum Gasteiger partial charge on any atom is 0.242 e. The Balaban J connectivity index is 1.75. The van der Waals surface area contributed by atoms with Gasteiger partial charge in [0.2, 0.25) is 11.8 Å². The number of carbonyl (C=O) groups is 2. The van der Waals surface area contributed by atoms with Crippen LogP contribution in [-0.4, -0.2) is 34.7 Å². The van der Waals surface area contributed by atoms with Crippen molar-refractivity contribution in [2.75, 3.05) is 13.1 Å². The molecule has 1 fully saturated rings. The van der Waals surface area contributed by atoms with Crippen molar-refractivity contribution in [3.63, 3.8) is 0 Å². The van der Waals surface area contributed by atoms with Gasteiger partial charge >= 0.3 is 0 Å². The second-order valence-corrected chi connectivity index (χ2v) is 9.77. The van der Waals surface area contributed by atoms with Crippen molar-refractivity contribution in [1.82, 2.24) is 9.80 Å².